The van der Waals surface area contributed by atoms with Gasteiger partial charge in [-0.1, -0.05) is 18.2 Å². The number of aryl methyl sites for hydroxylation is 1. The standard InChI is InChI=1S/C25H28N2O5/c1-32-18-11-9-17-10-12-22(21(17)16-18)26(13-4-8-23(28)29)14-5-15-27-24(30)19-6-2-3-7-20(19)25(27)31/h2-3,6-7,9,11,16,22H,4-5,8,10,12-15H2,1H3,(H,28,29). The molecule has 0 saturated heterocycles. The second-order valence-corrected chi connectivity index (χ2v) is 8.31. The molecule has 2 aromatic carbocycles. The molecule has 0 bridgehead atoms. The second-order valence-electron chi connectivity index (χ2n) is 8.31. The number of ether oxygens (including phenoxy) is 1. The summed E-state index contributed by atoms with van der Waals surface area (Å²) in [6, 6.07) is 13.2. The number of benzene rings is 2. The molecule has 1 aliphatic carbocycles. The van der Waals surface area contributed by atoms with E-state index in [1.807, 2.05) is 6.07 Å². The minimum atomic E-state index is -0.801. The summed E-state index contributed by atoms with van der Waals surface area (Å²) < 4.78 is 5.41. The summed E-state index contributed by atoms with van der Waals surface area (Å²) in [5, 5.41) is 9.06. The molecule has 0 spiro atoms. The van der Waals surface area contributed by atoms with Gasteiger partial charge >= 0.3 is 5.97 Å². The first-order valence-corrected chi connectivity index (χ1v) is 11.1. The Hall–Kier alpha value is -3.19. The van der Waals surface area contributed by atoms with Crippen molar-refractivity contribution in [2.75, 3.05) is 26.7 Å². The summed E-state index contributed by atoms with van der Waals surface area (Å²) >= 11 is 0. The first kappa shape index (κ1) is 22.0. The highest BCUT2D eigenvalue weighted by Crippen LogP contribution is 2.38. The van der Waals surface area contributed by atoms with Crippen LogP contribution < -0.4 is 4.74 Å². The van der Waals surface area contributed by atoms with Gasteiger partial charge in [0.25, 0.3) is 11.8 Å². The number of imide groups is 1. The Morgan fingerprint density at radius 2 is 1.78 bits per heavy atom. The van der Waals surface area contributed by atoms with E-state index < -0.39 is 5.97 Å². The maximum absolute atomic E-state index is 12.6. The van der Waals surface area contributed by atoms with E-state index >= 15 is 0 Å². The third-order valence-electron chi connectivity index (χ3n) is 6.38. The van der Waals surface area contributed by atoms with Gasteiger partial charge in [0.2, 0.25) is 0 Å². The first-order chi connectivity index (χ1) is 15.5. The van der Waals surface area contributed by atoms with Crippen molar-refractivity contribution >= 4 is 17.8 Å². The third kappa shape index (κ3) is 4.39. The van der Waals surface area contributed by atoms with Crippen LogP contribution in [0.3, 0.4) is 0 Å². The van der Waals surface area contributed by atoms with Crippen molar-refractivity contribution in [1.29, 1.82) is 0 Å². The number of carboxylic acids is 1. The molecule has 1 atom stereocenters. The van der Waals surface area contributed by atoms with E-state index in [9.17, 15) is 14.4 Å². The van der Waals surface area contributed by atoms with Crippen LogP contribution in [-0.2, 0) is 11.2 Å². The molecule has 1 aliphatic heterocycles. The van der Waals surface area contributed by atoms with Crippen molar-refractivity contribution < 1.29 is 24.2 Å². The van der Waals surface area contributed by atoms with Gasteiger partial charge in [-0.15, -0.1) is 0 Å². The van der Waals surface area contributed by atoms with Crippen LogP contribution in [0.25, 0.3) is 0 Å². The fourth-order valence-corrected chi connectivity index (χ4v) is 4.80. The molecule has 0 saturated carbocycles. The molecule has 168 valence electrons. The summed E-state index contributed by atoms with van der Waals surface area (Å²) in [5.41, 5.74) is 3.44. The van der Waals surface area contributed by atoms with Crippen molar-refractivity contribution in [3.8, 4) is 5.75 Å². The molecule has 7 heteroatoms. The normalized spacial score (nSPS) is 17.1. The zero-order valence-electron chi connectivity index (χ0n) is 18.3. The molecule has 0 radical (unpaired) electrons. The van der Waals surface area contributed by atoms with Crippen LogP contribution in [-0.4, -0.2) is 59.4 Å². The highest BCUT2D eigenvalue weighted by molar-refractivity contribution is 6.21. The molecule has 1 N–H and O–H groups in total. The van der Waals surface area contributed by atoms with Crippen molar-refractivity contribution in [3.05, 3.63) is 64.7 Å². The van der Waals surface area contributed by atoms with Crippen LogP contribution in [0, 0.1) is 0 Å². The van der Waals surface area contributed by atoms with Crippen LogP contribution in [0.1, 0.15) is 63.6 Å². The van der Waals surface area contributed by atoms with Gasteiger partial charge in [-0.2, -0.15) is 0 Å². The van der Waals surface area contributed by atoms with E-state index in [1.165, 1.54) is 16.0 Å². The molecule has 2 aliphatic rings. The smallest absolute Gasteiger partial charge is 0.303 e. The minimum absolute atomic E-state index is 0.118. The van der Waals surface area contributed by atoms with Crippen molar-refractivity contribution in [2.45, 2.75) is 38.1 Å². The Balaban J connectivity index is 1.44. The van der Waals surface area contributed by atoms with Crippen LogP contribution in [0.4, 0.5) is 0 Å². The molecule has 1 heterocycles. The van der Waals surface area contributed by atoms with Crippen LogP contribution in [0.15, 0.2) is 42.5 Å². The largest absolute Gasteiger partial charge is 0.497 e. The molecule has 1 unspecified atom stereocenters. The summed E-state index contributed by atoms with van der Waals surface area (Å²) in [7, 11) is 1.65. The van der Waals surface area contributed by atoms with E-state index in [-0.39, 0.29) is 24.3 Å². The monoisotopic (exact) mass is 436 g/mol. The van der Waals surface area contributed by atoms with Crippen LogP contribution in [0.5, 0.6) is 5.75 Å². The molecule has 0 fully saturated rings. The lowest BCUT2D eigenvalue weighted by molar-refractivity contribution is -0.137. The molecule has 7 nitrogen and oxygen atoms in total. The average molecular weight is 437 g/mol. The van der Waals surface area contributed by atoms with Gasteiger partial charge in [-0.25, -0.2) is 0 Å². The van der Waals surface area contributed by atoms with Crippen molar-refractivity contribution in [1.82, 2.24) is 9.80 Å². The summed E-state index contributed by atoms with van der Waals surface area (Å²) in [4.78, 5) is 39.9. The third-order valence-corrected chi connectivity index (χ3v) is 6.38. The van der Waals surface area contributed by atoms with Crippen molar-refractivity contribution in [3.63, 3.8) is 0 Å². The quantitative estimate of drug-likeness (QED) is 0.574. The molecular formula is C25H28N2O5. The van der Waals surface area contributed by atoms with Gasteiger partial charge in [0, 0.05) is 25.6 Å². The van der Waals surface area contributed by atoms with E-state index in [2.05, 4.69) is 17.0 Å². The Morgan fingerprint density at radius 3 is 2.44 bits per heavy atom. The number of fused-ring (bicyclic) bond motifs is 2. The highest BCUT2D eigenvalue weighted by Gasteiger charge is 2.35. The maximum atomic E-state index is 12.6. The van der Waals surface area contributed by atoms with Gasteiger partial charge < -0.3 is 9.84 Å². The minimum Gasteiger partial charge on any atom is -0.497 e. The number of carbonyl (C=O) groups excluding carboxylic acids is 2. The second kappa shape index (κ2) is 9.53. The Bertz CT molecular complexity index is 1000. The zero-order chi connectivity index (χ0) is 22.7. The number of hydrogen-bond donors (Lipinski definition) is 1. The molecule has 0 aromatic heterocycles. The topological polar surface area (TPSA) is 87.2 Å². The molecule has 2 amide bonds. The summed E-state index contributed by atoms with van der Waals surface area (Å²) in [6.45, 7) is 1.67. The zero-order valence-corrected chi connectivity index (χ0v) is 18.3. The Morgan fingerprint density at radius 1 is 1.09 bits per heavy atom. The van der Waals surface area contributed by atoms with E-state index in [0.29, 0.717) is 43.6 Å². The number of carbonyl (C=O) groups is 3. The number of rotatable bonds is 10. The first-order valence-electron chi connectivity index (χ1n) is 11.1. The lowest BCUT2D eigenvalue weighted by Crippen LogP contribution is -2.35. The molecule has 32 heavy (non-hydrogen) atoms. The van der Waals surface area contributed by atoms with Gasteiger partial charge in [-0.3, -0.25) is 24.2 Å². The molecule has 4 rings (SSSR count). The van der Waals surface area contributed by atoms with Crippen LogP contribution >= 0.6 is 0 Å². The lowest BCUT2D eigenvalue weighted by Gasteiger charge is -2.30. The predicted octanol–water partition coefficient (Wildman–Crippen LogP) is 3.54. The Kier molecular flexibility index (Phi) is 6.55. The molecule has 2 aromatic rings. The van der Waals surface area contributed by atoms with Crippen LogP contribution in [0.2, 0.25) is 0 Å². The number of hydrogen-bond acceptors (Lipinski definition) is 5. The lowest BCUT2D eigenvalue weighted by atomic mass is 10.1. The fraction of sp³-hybridized carbons (Fsp3) is 0.400. The number of carboxylic acid groups (broad SMARTS) is 1. The number of aliphatic carboxylic acids is 1. The average Bonchev–Trinajstić information content (AvgIpc) is 3.32. The predicted molar refractivity (Wildman–Crippen MR) is 119 cm³/mol. The van der Waals surface area contributed by atoms with Crippen molar-refractivity contribution in [2.24, 2.45) is 0 Å². The summed E-state index contributed by atoms with van der Waals surface area (Å²) in [5.74, 6) is -0.463. The summed E-state index contributed by atoms with van der Waals surface area (Å²) in [6.07, 6.45) is 3.24. The Labute approximate surface area is 187 Å². The SMILES string of the molecule is COc1ccc2c(c1)C(N(CCCC(=O)O)CCCN1C(=O)c3ccccc3C1=O)CC2. The number of amides is 2. The number of nitrogens with zero attached hydrogens (tertiary/aromatic N) is 2. The number of methoxy groups -OCH3 is 1. The van der Waals surface area contributed by atoms with Gasteiger partial charge in [0.15, 0.2) is 0 Å². The van der Waals surface area contributed by atoms with E-state index in [4.69, 9.17) is 9.84 Å². The molecular weight excluding hydrogens is 408 g/mol. The maximum Gasteiger partial charge on any atom is 0.303 e. The van der Waals surface area contributed by atoms with E-state index in [0.717, 1.165) is 18.6 Å². The van der Waals surface area contributed by atoms with Gasteiger partial charge in [-0.05, 0) is 67.6 Å². The van der Waals surface area contributed by atoms with Gasteiger partial charge in [0.05, 0.1) is 18.2 Å². The van der Waals surface area contributed by atoms with Gasteiger partial charge in [0.1, 0.15) is 5.75 Å². The fourth-order valence-electron chi connectivity index (χ4n) is 4.80. The highest BCUT2D eigenvalue weighted by atomic mass is 16.5. The van der Waals surface area contributed by atoms with E-state index in [1.54, 1.807) is 31.4 Å².